The van der Waals surface area contributed by atoms with Crippen molar-refractivity contribution < 1.29 is 4.79 Å². The Hall–Kier alpha value is -1.31. The summed E-state index contributed by atoms with van der Waals surface area (Å²) in [6.07, 6.45) is 3.51. The monoisotopic (exact) mass is 203 g/mol. The molecule has 1 aliphatic rings. The molecular formula is C13H17NO. The predicted molar refractivity (Wildman–Crippen MR) is 62.3 cm³/mol. The summed E-state index contributed by atoms with van der Waals surface area (Å²) in [7, 11) is 4.04. The summed E-state index contributed by atoms with van der Waals surface area (Å²) in [5.41, 5.74) is 2.34. The Labute approximate surface area is 90.9 Å². The second-order valence-corrected chi connectivity index (χ2v) is 4.49. The van der Waals surface area contributed by atoms with Gasteiger partial charge in [0, 0.05) is 25.7 Å². The van der Waals surface area contributed by atoms with E-state index in [-0.39, 0.29) is 5.92 Å². The number of benzene rings is 1. The molecule has 0 aliphatic heterocycles. The number of hydrogen-bond donors (Lipinski definition) is 0. The topological polar surface area (TPSA) is 20.3 Å². The van der Waals surface area contributed by atoms with E-state index in [1.54, 1.807) is 0 Å². The fourth-order valence-corrected chi connectivity index (χ4v) is 1.91. The highest BCUT2D eigenvalue weighted by molar-refractivity contribution is 5.64. The van der Waals surface area contributed by atoms with Crippen LogP contribution in [-0.2, 0) is 4.79 Å². The Bertz CT molecular complexity index is 338. The predicted octanol–water partition coefficient (Wildman–Crippen LogP) is 2.45. The zero-order valence-corrected chi connectivity index (χ0v) is 9.31. The van der Waals surface area contributed by atoms with E-state index in [9.17, 15) is 4.79 Å². The summed E-state index contributed by atoms with van der Waals surface area (Å²) in [5.74, 6) is 0.730. The van der Waals surface area contributed by atoms with Crippen LogP contribution >= 0.6 is 0 Å². The standard InChI is InChI=1S/C13H17NO/c1-14(2)12-7-5-11(6-8-12)13(9-15)10-3-4-10/h5-10,13H,3-4H2,1-2H3. The second-order valence-electron chi connectivity index (χ2n) is 4.49. The Morgan fingerprint density at radius 3 is 2.27 bits per heavy atom. The van der Waals surface area contributed by atoms with Crippen LogP contribution in [0.1, 0.15) is 24.3 Å². The molecule has 1 saturated carbocycles. The Balaban J connectivity index is 2.17. The number of carbonyl (C=O) groups is 1. The number of hydrogen-bond acceptors (Lipinski definition) is 2. The van der Waals surface area contributed by atoms with Crippen LogP contribution in [-0.4, -0.2) is 20.4 Å². The number of aldehydes is 1. The maximum atomic E-state index is 11.0. The minimum atomic E-state index is 0.126. The summed E-state index contributed by atoms with van der Waals surface area (Å²) in [5, 5.41) is 0. The van der Waals surface area contributed by atoms with Crippen LogP contribution in [0.2, 0.25) is 0 Å². The SMILES string of the molecule is CN(C)c1ccc(C(C=O)C2CC2)cc1. The third kappa shape index (κ3) is 2.20. The van der Waals surface area contributed by atoms with Crippen LogP contribution in [0.4, 0.5) is 5.69 Å². The molecule has 0 saturated heterocycles. The van der Waals surface area contributed by atoms with Crippen molar-refractivity contribution in [2.45, 2.75) is 18.8 Å². The van der Waals surface area contributed by atoms with Gasteiger partial charge in [0.2, 0.25) is 0 Å². The van der Waals surface area contributed by atoms with Gasteiger partial charge in [-0.25, -0.2) is 0 Å². The summed E-state index contributed by atoms with van der Waals surface area (Å²) in [6, 6.07) is 8.31. The lowest BCUT2D eigenvalue weighted by Crippen LogP contribution is -2.09. The van der Waals surface area contributed by atoms with E-state index in [4.69, 9.17) is 0 Å². The average Bonchev–Trinajstić information content (AvgIpc) is 3.04. The highest BCUT2D eigenvalue weighted by Crippen LogP contribution is 2.41. The third-order valence-corrected chi connectivity index (χ3v) is 3.07. The molecule has 0 N–H and O–H groups in total. The molecule has 0 radical (unpaired) electrons. The molecule has 1 fully saturated rings. The molecule has 80 valence electrons. The van der Waals surface area contributed by atoms with Crippen LogP contribution in [0, 0.1) is 5.92 Å². The Morgan fingerprint density at radius 1 is 1.27 bits per heavy atom. The zero-order valence-electron chi connectivity index (χ0n) is 9.31. The van der Waals surface area contributed by atoms with Crippen LogP contribution in [0.25, 0.3) is 0 Å². The van der Waals surface area contributed by atoms with Crippen molar-refractivity contribution in [3.8, 4) is 0 Å². The van der Waals surface area contributed by atoms with Crippen molar-refractivity contribution in [1.29, 1.82) is 0 Å². The van der Waals surface area contributed by atoms with Crippen LogP contribution in [0.5, 0.6) is 0 Å². The largest absolute Gasteiger partial charge is 0.378 e. The molecule has 1 unspecified atom stereocenters. The molecule has 15 heavy (non-hydrogen) atoms. The fraction of sp³-hybridized carbons (Fsp3) is 0.462. The van der Waals surface area contributed by atoms with Crippen molar-refractivity contribution >= 4 is 12.0 Å². The van der Waals surface area contributed by atoms with Gasteiger partial charge in [-0.1, -0.05) is 12.1 Å². The number of anilines is 1. The van der Waals surface area contributed by atoms with Gasteiger partial charge >= 0.3 is 0 Å². The molecular weight excluding hydrogens is 186 g/mol. The number of rotatable bonds is 4. The molecule has 2 heteroatoms. The highest BCUT2D eigenvalue weighted by atomic mass is 16.1. The van der Waals surface area contributed by atoms with Gasteiger partial charge in [0.1, 0.15) is 6.29 Å². The van der Waals surface area contributed by atoms with Gasteiger partial charge in [0.05, 0.1) is 0 Å². The maximum absolute atomic E-state index is 11.0. The molecule has 0 heterocycles. The minimum absolute atomic E-state index is 0.126. The fourth-order valence-electron chi connectivity index (χ4n) is 1.91. The molecule has 1 aliphatic carbocycles. The summed E-state index contributed by atoms with van der Waals surface area (Å²) >= 11 is 0. The van der Waals surface area contributed by atoms with E-state index in [0.29, 0.717) is 5.92 Å². The van der Waals surface area contributed by atoms with Crippen molar-refractivity contribution in [2.75, 3.05) is 19.0 Å². The van der Waals surface area contributed by atoms with Gasteiger partial charge in [0.25, 0.3) is 0 Å². The normalized spacial score (nSPS) is 17.2. The van der Waals surface area contributed by atoms with E-state index in [2.05, 4.69) is 29.2 Å². The maximum Gasteiger partial charge on any atom is 0.127 e. The molecule has 0 spiro atoms. The number of nitrogens with zero attached hydrogens (tertiary/aromatic N) is 1. The van der Waals surface area contributed by atoms with Gasteiger partial charge < -0.3 is 9.69 Å². The molecule has 2 rings (SSSR count). The molecule has 2 nitrogen and oxygen atoms in total. The average molecular weight is 203 g/mol. The number of carbonyl (C=O) groups excluding carboxylic acids is 1. The molecule has 0 aromatic heterocycles. The second kappa shape index (κ2) is 4.05. The molecule has 0 amide bonds. The molecule has 1 aromatic carbocycles. The van der Waals surface area contributed by atoms with E-state index >= 15 is 0 Å². The Morgan fingerprint density at radius 2 is 1.87 bits per heavy atom. The van der Waals surface area contributed by atoms with Gasteiger partial charge in [-0.15, -0.1) is 0 Å². The van der Waals surface area contributed by atoms with E-state index in [1.165, 1.54) is 18.5 Å². The first-order valence-corrected chi connectivity index (χ1v) is 5.45. The summed E-state index contributed by atoms with van der Waals surface area (Å²) in [4.78, 5) is 13.1. The smallest absolute Gasteiger partial charge is 0.127 e. The van der Waals surface area contributed by atoms with Crippen molar-refractivity contribution in [3.63, 3.8) is 0 Å². The van der Waals surface area contributed by atoms with Gasteiger partial charge in [0.15, 0.2) is 0 Å². The van der Waals surface area contributed by atoms with Crippen LogP contribution in [0.3, 0.4) is 0 Å². The van der Waals surface area contributed by atoms with Gasteiger partial charge in [-0.3, -0.25) is 0 Å². The first kappa shape index (κ1) is 10.2. The zero-order chi connectivity index (χ0) is 10.8. The lowest BCUT2D eigenvalue weighted by molar-refractivity contribution is -0.109. The first-order valence-electron chi connectivity index (χ1n) is 5.45. The van der Waals surface area contributed by atoms with Crippen molar-refractivity contribution in [2.24, 2.45) is 5.92 Å². The lowest BCUT2D eigenvalue weighted by atomic mass is 9.95. The highest BCUT2D eigenvalue weighted by Gasteiger charge is 2.31. The third-order valence-electron chi connectivity index (χ3n) is 3.07. The van der Waals surface area contributed by atoms with E-state index < -0.39 is 0 Å². The van der Waals surface area contributed by atoms with Crippen molar-refractivity contribution in [1.82, 2.24) is 0 Å². The Kier molecular flexibility index (Phi) is 2.76. The van der Waals surface area contributed by atoms with Crippen molar-refractivity contribution in [3.05, 3.63) is 29.8 Å². The van der Waals surface area contributed by atoms with E-state index in [1.807, 2.05) is 14.1 Å². The summed E-state index contributed by atoms with van der Waals surface area (Å²) in [6.45, 7) is 0. The summed E-state index contributed by atoms with van der Waals surface area (Å²) < 4.78 is 0. The van der Waals surface area contributed by atoms with Gasteiger partial charge in [-0.05, 0) is 36.5 Å². The molecule has 1 aromatic rings. The van der Waals surface area contributed by atoms with Crippen LogP contribution in [0.15, 0.2) is 24.3 Å². The quantitative estimate of drug-likeness (QED) is 0.700. The van der Waals surface area contributed by atoms with Gasteiger partial charge in [-0.2, -0.15) is 0 Å². The molecule has 1 atom stereocenters. The minimum Gasteiger partial charge on any atom is -0.378 e. The lowest BCUT2D eigenvalue weighted by Gasteiger charge is -2.14. The van der Waals surface area contributed by atoms with Crippen LogP contribution < -0.4 is 4.90 Å². The van der Waals surface area contributed by atoms with E-state index in [0.717, 1.165) is 11.8 Å². The first-order chi connectivity index (χ1) is 7.22. The molecule has 0 bridgehead atoms.